The Balaban J connectivity index is 2.46. The van der Waals surface area contributed by atoms with Crippen LogP contribution < -0.4 is 0 Å². The smallest absolute Gasteiger partial charge is 0.270 e. The normalized spacial score (nSPS) is 10.0. The molecule has 0 spiro atoms. The van der Waals surface area contributed by atoms with Crippen LogP contribution >= 0.6 is 0 Å². The minimum absolute atomic E-state index is 0.0406. The third-order valence-electron chi connectivity index (χ3n) is 1.78. The summed E-state index contributed by atoms with van der Waals surface area (Å²) in [7, 11) is 0. The summed E-state index contributed by atoms with van der Waals surface area (Å²) in [4.78, 5) is 10.0. The Hall–Kier alpha value is -2.17. The summed E-state index contributed by atoms with van der Waals surface area (Å²) in [6.45, 7) is 0. The molecular formula is C9H6N2O3. The van der Waals surface area contributed by atoms with Crippen LogP contribution in [0.15, 0.2) is 41.1 Å². The van der Waals surface area contributed by atoms with Gasteiger partial charge in [0, 0.05) is 23.8 Å². The van der Waals surface area contributed by atoms with Crippen LogP contribution in [0.25, 0.3) is 11.3 Å². The monoisotopic (exact) mass is 190 g/mol. The fraction of sp³-hybridized carbons (Fsp3) is 0. The molecule has 0 aliphatic heterocycles. The highest BCUT2D eigenvalue weighted by atomic mass is 16.6. The van der Waals surface area contributed by atoms with Crippen molar-refractivity contribution in [3.05, 3.63) is 46.6 Å². The molecule has 0 aliphatic rings. The molecule has 2 rings (SSSR count). The van der Waals surface area contributed by atoms with E-state index in [0.29, 0.717) is 11.3 Å². The van der Waals surface area contributed by atoms with Gasteiger partial charge in [0.1, 0.15) is 0 Å². The lowest BCUT2D eigenvalue weighted by atomic mass is 10.1. The molecule has 70 valence electrons. The zero-order chi connectivity index (χ0) is 9.97. The molecule has 1 aromatic heterocycles. The van der Waals surface area contributed by atoms with Crippen LogP contribution in [0, 0.1) is 10.1 Å². The Morgan fingerprint density at radius 2 is 2.21 bits per heavy atom. The minimum Gasteiger partial charge on any atom is -0.356 e. The Bertz CT molecular complexity index is 451. The van der Waals surface area contributed by atoms with E-state index < -0.39 is 4.92 Å². The molecule has 0 radical (unpaired) electrons. The highest BCUT2D eigenvalue weighted by Gasteiger charge is 2.08. The van der Waals surface area contributed by atoms with Gasteiger partial charge in [0.15, 0.2) is 5.76 Å². The molecule has 0 aliphatic carbocycles. The van der Waals surface area contributed by atoms with Gasteiger partial charge in [-0.05, 0) is 0 Å². The van der Waals surface area contributed by atoms with Crippen molar-refractivity contribution >= 4 is 5.69 Å². The Labute approximate surface area is 79.1 Å². The molecule has 0 fully saturated rings. The average molecular weight is 190 g/mol. The largest absolute Gasteiger partial charge is 0.356 e. The topological polar surface area (TPSA) is 69.2 Å². The van der Waals surface area contributed by atoms with Crippen molar-refractivity contribution in [2.75, 3.05) is 0 Å². The predicted molar refractivity (Wildman–Crippen MR) is 48.6 cm³/mol. The van der Waals surface area contributed by atoms with Gasteiger partial charge in [-0.1, -0.05) is 17.3 Å². The van der Waals surface area contributed by atoms with Crippen molar-refractivity contribution in [2.24, 2.45) is 0 Å². The van der Waals surface area contributed by atoms with Gasteiger partial charge >= 0.3 is 0 Å². The lowest BCUT2D eigenvalue weighted by Crippen LogP contribution is -1.87. The van der Waals surface area contributed by atoms with Gasteiger partial charge < -0.3 is 4.52 Å². The standard InChI is InChI=1S/C9H6N2O3/c12-11(13)8-3-1-2-7(6-8)9-4-5-10-14-9/h1-6H. The number of aromatic nitrogens is 1. The van der Waals surface area contributed by atoms with E-state index in [1.54, 1.807) is 18.2 Å². The lowest BCUT2D eigenvalue weighted by molar-refractivity contribution is -0.384. The summed E-state index contributed by atoms with van der Waals surface area (Å²) in [5.41, 5.74) is 0.690. The molecule has 5 heteroatoms. The molecule has 5 nitrogen and oxygen atoms in total. The number of hydrogen-bond acceptors (Lipinski definition) is 4. The van der Waals surface area contributed by atoms with E-state index in [9.17, 15) is 10.1 Å². The van der Waals surface area contributed by atoms with Crippen molar-refractivity contribution < 1.29 is 9.45 Å². The molecule has 0 N–H and O–H groups in total. The van der Waals surface area contributed by atoms with Crippen LogP contribution in [-0.4, -0.2) is 10.1 Å². The SMILES string of the molecule is O=[N+]([O-])c1cccc(-c2ccno2)c1. The lowest BCUT2D eigenvalue weighted by Gasteiger charge is -1.94. The van der Waals surface area contributed by atoms with E-state index in [1.807, 2.05) is 0 Å². The van der Waals surface area contributed by atoms with E-state index >= 15 is 0 Å². The maximum atomic E-state index is 10.5. The van der Waals surface area contributed by atoms with E-state index in [2.05, 4.69) is 5.16 Å². The number of nitrogens with zero attached hydrogens (tertiary/aromatic N) is 2. The summed E-state index contributed by atoms with van der Waals surface area (Å²) >= 11 is 0. The molecule has 1 aromatic carbocycles. The van der Waals surface area contributed by atoms with Gasteiger partial charge in [-0.2, -0.15) is 0 Å². The second kappa shape index (κ2) is 3.29. The van der Waals surface area contributed by atoms with Gasteiger partial charge in [0.05, 0.1) is 11.1 Å². The number of rotatable bonds is 2. The molecule has 0 unspecified atom stereocenters. The van der Waals surface area contributed by atoms with E-state index in [-0.39, 0.29) is 5.69 Å². The summed E-state index contributed by atoms with van der Waals surface area (Å²) in [5, 5.41) is 14.0. The highest BCUT2D eigenvalue weighted by molar-refractivity contribution is 5.60. The van der Waals surface area contributed by atoms with Gasteiger partial charge in [0.2, 0.25) is 0 Å². The Morgan fingerprint density at radius 3 is 2.86 bits per heavy atom. The van der Waals surface area contributed by atoms with Crippen LogP contribution in [0.5, 0.6) is 0 Å². The quantitative estimate of drug-likeness (QED) is 0.537. The van der Waals surface area contributed by atoms with E-state index in [1.165, 1.54) is 18.3 Å². The zero-order valence-corrected chi connectivity index (χ0v) is 7.08. The molecule has 14 heavy (non-hydrogen) atoms. The van der Waals surface area contributed by atoms with Crippen molar-refractivity contribution in [1.82, 2.24) is 5.16 Å². The van der Waals surface area contributed by atoms with Crippen LogP contribution in [-0.2, 0) is 0 Å². The van der Waals surface area contributed by atoms with Crippen LogP contribution in [0.4, 0.5) is 5.69 Å². The molecule has 0 bridgehead atoms. The maximum absolute atomic E-state index is 10.5. The Morgan fingerprint density at radius 1 is 1.36 bits per heavy atom. The van der Waals surface area contributed by atoms with Crippen molar-refractivity contribution in [3.8, 4) is 11.3 Å². The predicted octanol–water partition coefficient (Wildman–Crippen LogP) is 2.25. The number of nitro benzene ring substituents is 1. The summed E-state index contributed by atoms with van der Waals surface area (Å²) < 4.78 is 4.88. The fourth-order valence-corrected chi connectivity index (χ4v) is 1.14. The second-order valence-corrected chi connectivity index (χ2v) is 2.68. The first-order valence-electron chi connectivity index (χ1n) is 3.93. The fourth-order valence-electron chi connectivity index (χ4n) is 1.14. The molecule has 0 atom stereocenters. The number of non-ortho nitro benzene ring substituents is 1. The van der Waals surface area contributed by atoms with Gasteiger partial charge in [-0.15, -0.1) is 0 Å². The van der Waals surface area contributed by atoms with Crippen LogP contribution in [0.2, 0.25) is 0 Å². The first-order valence-corrected chi connectivity index (χ1v) is 3.93. The third-order valence-corrected chi connectivity index (χ3v) is 1.78. The Kier molecular flexibility index (Phi) is 1.98. The number of nitro groups is 1. The van der Waals surface area contributed by atoms with Crippen molar-refractivity contribution in [3.63, 3.8) is 0 Å². The van der Waals surface area contributed by atoms with E-state index in [0.717, 1.165) is 0 Å². The van der Waals surface area contributed by atoms with Gasteiger partial charge in [-0.3, -0.25) is 10.1 Å². The molecule has 0 amide bonds. The summed E-state index contributed by atoms with van der Waals surface area (Å²) in [6, 6.07) is 7.86. The van der Waals surface area contributed by atoms with Gasteiger partial charge in [0.25, 0.3) is 5.69 Å². The summed E-state index contributed by atoms with van der Waals surface area (Å²) in [5.74, 6) is 0.522. The molecule has 0 saturated carbocycles. The first kappa shape index (κ1) is 8.43. The van der Waals surface area contributed by atoms with Crippen LogP contribution in [0.3, 0.4) is 0 Å². The number of benzene rings is 1. The molecule has 1 heterocycles. The molecular weight excluding hydrogens is 184 g/mol. The van der Waals surface area contributed by atoms with Crippen molar-refractivity contribution in [2.45, 2.75) is 0 Å². The molecule has 0 saturated heterocycles. The first-order chi connectivity index (χ1) is 6.77. The van der Waals surface area contributed by atoms with E-state index in [4.69, 9.17) is 4.52 Å². The molecule has 2 aromatic rings. The third kappa shape index (κ3) is 1.47. The van der Waals surface area contributed by atoms with Crippen LogP contribution in [0.1, 0.15) is 0 Å². The van der Waals surface area contributed by atoms with Gasteiger partial charge in [-0.25, -0.2) is 0 Å². The number of hydrogen-bond donors (Lipinski definition) is 0. The minimum atomic E-state index is -0.445. The maximum Gasteiger partial charge on any atom is 0.270 e. The average Bonchev–Trinajstić information content (AvgIpc) is 2.71. The van der Waals surface area contributed by atoms with Crippen molar-refractivity contribution in [1.29, 1.82) is 0 Å². The second-order valence-electron chi connectivity index (χ2n) is 2.68. The highest BCUT2D eigenvalue weighted by Crippen LogP contribution is 2.22. The zero-order valence-electron chi connectivity index (χ0n) is 7.08. The summed E-state index contributed by atoms with van der Waals surface area (Å²) in [6.07, 6.45) is 1.49.